The van der Waals surface area contributed by atoms with Gasteiger partial charge >= 0.3 is 0 Å². The summed E-state index contributed by atoms with van der Waals surface area (Å²) in [6.07, 6.45) is 0.814. The van der Waals surface area contributed by atoms with E-state index in [1.54, 1.807) is 13.2 Å². The number of hydrogen-bond donors (Lipinski definition) is 2. The van der Waals surface area contributed by atoms with E-state index in [1.807, 2.05) is 24.3 Å². The molecule has 0 aromatic heterocycles. The Morgan fingerprint density at radius 1 is 1.20 bits per heavy atom. The lowest BCUT2D eigenvalue weighted by Crippen LogP contribution is -2.04. The van der Waals surface area contributed by atoms with Crippen LogP contribution in [0.3, 0.4) is 0 Å². The zero-order chi connectivity index (χ0) is 14.4. The zero-order valence-electron chi connectivity index (χ0n) is 11.4. The summed E-state index contributed by atoms with van der Waals surface area (Å²) < 4.78 is 18.3. The van der Waals surface area contributed by atoms with Crippen molar-refractivity contribution in [3.05, 3.63) is 59.4 Å². The Labute approximate surface area is 118 Å². The molecule has 0 heterocycles. The maximum Gasteiger partial charge on any atom is 0.127 e. The van der Waals surface area contributed by atoms with Crippen LogP contribution in [0, 0.1) is 5.82 Å². The van der Waals surface area contributed by atoms with Crippen molar-refractivity contribution < 1.29 is 14.2 Å². The maximum absolute atomic E-state index is 13.2. The number of phenols is 1. The molecule has 0 saturated carbocycles. The van der Waals surface area contributed by atoms with Gasteiger partial charge in [-0.2, -0.15) is 0 Å². The van der Waals surface area contributed by atoms with Gasteiger partial charge in [0.05, 0.1) is 6.61 Å². The number of methoxy groups -OCH3 is 1. The van der Waals surface area contributed by atoms with Gasteiger partial charge in [-0.15, -0.1) is 0 Å². The third-order valence-electron chi connectivity index (χ3n) is 3.02. The molecule has 0 atom stereocenters. The molecule has 0 amide bonds. The fourth-order valence-corrected chi connectivity index (χ4v) is 2.06. The van der Waals surface area contributed by atoms with E-state index in [0.717, 1.165) is 23.7 Å². The van der Waals surface area contributed by atoms with Crippen molar-refractivity contribution in [3.63, 3.8) is 0 Å². The fourth-order valence-electron chi connectivity index (χ4n) is 2.06. The number of aromatic hydroxyl groups is 1. The van der Waals surface area contributed by atoms with Crippen molar-refractivity contribution in [1.29, 1.82) is 0 Å². The molecule has 2 N–H and O–H groups in total. The Morgan fingerprint density at radius 2 is 2.00 bits per heavy atom. The first-order valence-electron chi connectivity index (χ1n) is 6.48. The van der Waals surface area contributed by atoms with Gasteiger partial charge in [-0.05, 0) is 35.7 Å². The van der Waals surface area contributed by atoms with Crippen molar-refractivity contribution in [1.82, 2.24) is 0 Å². The fraction of sp³-hybridized carbons (Fsp3) is 0.250. The molecular weight excluding hydrogens is 257 g/mol. The van der Waals surface area contributed by atoms with Crippen LogP contribution in [0.15, 0.2) is 42.5 Å². The van der Waals surface area contributed by atoms with Crippen LogP contribution in [-0.2, 0) is 17.7 Å². The predicted molar refractivity (Wildman–Crippen MR) is 77.4 cm³/mol. The van der Waals surface area contributed by atoms with E-state index < -0.39 is 5.82 Å². The van der Waals surface area contributed by atoms with E-state index >= 15 is 0 Å². The van der Waals surface area contributed by atoms with Crippen molar-refractivity contribution in [2.24, 2.45) is 0 Å². The van der Waals surface area contributed by atoms with Crippen molar-refractivity contribution in [2.75, 3.05) is 19.0 Å². The van der Waals surface area contributed by atoms with Crippen LogP contribution < -0.4 is 5.32 Å². The third-order valence-corrected chi connectivity index (χ3v) is 3.02. The Bertz CT molecular complexity index is 552. The minimum absolute atomic E-state index is 0.0607. The highest BCUT2D eigenvalue weighted by atomic mass is 19.1. The Hall–Kier alpha value is -2.07. The Morgan fingerprint density at radius 3 is 2.75 bits per heavy atom. The van der Waals surface area contributed by atoms with Crippen molar-refractivity contribution in [2.45, 2.75) is 13.0 Å². The molecule has 106 valence electrons. The number of benzene rings is 2. The van der Waals surface area contributed by atoms with Crippen LogP contribution in [0.4, 0.5) is 10.1 Å². The molecule has 0 aliphatic rings. The summed E-state index contributed by atoms with van der Waals surface area (Å²) in [5, 5.41) is 12.6. The first-order chi connectivity index (χ1) is 9.69. The van der Waals surface area contributed by atoms with E-state index in [2.05, 4.69) is 5.32 Å². The van der Waals surface area contributed by atoms with Crippen LogP contribution in [0.5, 0.6) is 5.75 Å². The summed E-state index contributed by atoms with van der Waals surface area (Å²) in [5.41, 5.74) is 2.84. The SMILES string of the molecule is COCCc1ccccc1NCc1cc(O)cc(F)c1. The van der Waals surface area contributed by atoms with Gasteiger partial charge in [0.25, 0.3) is 0 Å². The second-order valence-electron chi connectivity index (χ2n) is 4.57. The lowest BCUT2D eigenvalue weighted by molar-refractivity contribution is 0.202. The van der Waals surface area contributed by atoms with Gasteiger partial charge in [-0.3, -0.25) is 0 Å². The molecule has 3 nitrogen and oxygen atoms in total. The van der Waals surface area contributed by atoms with E-state index in [1.165, 1.54) is 6.07 Å². The number of anilines is 1. The summed E-state index contributed by atoms with van der Waals surface area (Å²) >= 11 is 0. The molecule has 0 fully saturated rings. The first kappa shape index (κ1) is 14.3. The number of rotatable bonds is 6. The Balaban J connectivity index is 2.06. The van der Waals surface area contributed by atoms with Gasteiger partial charge in [-0.25, -0.2) is 4.39 Å². The quantitative estimate of drug-likeness (QED) is 0.849. The average Bonchev–Trinajstić information content (AvgIpc) is 2.43. The zero-order valence-corrected chi connectivity index (χ0v) is 11.4. The second-order valence-corrected chi connectivity index (χ2v) is 4.57. The highest BCUT2D eigenvalue weighted by Gasteiger charge is 2.03. The van der Waals surface area contributed by atoms with Crippen LogP contribution in [0.2, 0.25) is 0 Å². The monoisotopic (exact) mass is 275 g/mol. The summed E-state index contributed by atoms with van der Waals surface area (Å²) in [4.78, 5) is 0. The summed E-state index contributed by atoms with van der Waals surface area (Å²) in [6.45, 7) is 1.11. The predicted octanol–water partition coefficient (Wildman–Crippen LogP) is 3.33. The molecule has 20 heavy (non-hydrogen) atoms. The summed E-state index contributed by atoms with van der Waals surface area (Å²) in [7, 11) is 1.67. The molecule has 0 aliphatic carbocycles. The smallest absolute Gasteiger partial charge is 0.127 e. The molecule has 0 unspecified atom stereocenters. The van der Waals surface area contributed by atoms with Gasteiger partial charge < -0.3 is 15.2 Å². The van der Waals surface area contributed by atoms with E-state index in [-0.39, 0.29) is 5.75 Å². The minimum Gasteiger partial charge on any atom is -0.508 e. The number of nitrogens with one attached hydrogen (secondary N) is 1. The number of phenolic OH excluding ortho intramolecular Hbond substituents is 1. The van der Waals surface area contributed by atoms with E-state index in [0.29, 0.717) is 18.7 Å². The molecule has 0 radical (unpaired) electrons. The molecule has 2 aromatic carbocycles. The van der Waals surface area contributed by atoms with Crippen LogP contribution in [0.1, 0.15) is 11.1 Å². The van der Waals surface area contributed by atoms with Crippen LogP contribution >= 0.6 is 0 Å². The lowest BCUT2D eigenvalue weighted by atomic mass is 10.1. The van der Waals surface area contributed by atoms with E-state index in [4.69, 9.17) is 4.74 Å². The molecule has 4 heteroatoms. The van der Waals surface area contributed by atoms with E-state index in [9.17, 15) is 9.50 Å². The molecule has 0 saturated heterocycles. The van der Waals surface area contributed by atoms with Gasteiger partial charge in [0.2, 0.25) is 0 Å². The number of ether oxygens (including phenoxy) is 1. The summed E-state index contributed by atoms with van der Waals surface area (Å²) in [5.74, 6) is -0.496. The molecule has 0 aliphatic heterocycles. The largest absolute Gasteiger partial charge is 0.508 e. The number of para-hydroxylation sites is 1. The van der Waals surface area contributed by atoms with Gasteiger partial charge in [-0.1, -0.05) is 18.2 Å². The second kappa shape index (κ2) is 6.91. The van der Waals surface area contributed by atoms with Crippen LogP contribution in [0.25, 0.3) is 0 Å². The number of hydrogen-bond acceptors (Lipinski definition) is 3. The van der Waals surface area contributed by atoms with Crippen molar-refractivity contribution in [3.8, 4) is 5.75 Å². The summed E-state index contributed by atoms with van der Waals surface area (Å²) in [6, 6.07) is 12.0. The Kier molecular flexibility index (Phi) is 4.96. The third kappa shape index (κ3) is 3.96. The molecule has 0 bridgehead atoms. The molecule has 2 aromatic rings. The van der Waals surface area contributed by atoms with Gasteiger partial charge in [0.15, 0.2) is 0 Å². The van der Waals surface area contributed by atoms with Gasteiger partial charge in [0.1, 0.15) is 11.6 Å². The van der Waals surface area contributed by atoms with Gasteiger partial charge in [0, 0.05) is 25.4 Å². The first-order valence-corrected chi connectivity index (χ1v) is 6.48. The maximum atomic E-state index is 13.2. The molecular formula is C16H18FNO2. The van der Waals surface area contributed by atoms with Crippen LogP contribution in [-0.4, -0.2) is 18.8 Å². The topological polar surface area (TPSA) is 41.5 Å². The average molecular weight is 275 g/mol. The normalized spacial score (nSPS) is 10.5. The highest BCUT2D eigenvalue weighted by molar-refractivity contribution is 5.51. The standard InChI is InChI=1S/C16H18FNO2/c1-20-7-6-13-4-2-3-5-16(13)18-11-12-8-14(17)10-15(19)9-12/h2-5,8-10,18-19H,6-7,11H2,1H3. The molecule has 2 rings (SSSR count). The minimum atomic E-state index is -0.436. The highest BCUT2D eigenvalue weighted by Crippen LogP contribution is 2.19. The number of halogens is 1. The molecule has 0 spiro atoms. The lowest BCUT2D eigenvalue weighted by Gasteiger charge is -2.12. The van der Waals surface area contributed by atoms with Crippen molar-refractivity contribution >= 4 is 5.69 Å².